The number of benzene rings is 1. The van der Waals surface area contributed by atoms with Crippen molar-refractivity contribution in [2.24, 2.45) is 4.99 Å². The summed E-state index contributed by atoms with van der Waals surface area (Å²) >= 11 is 0. The molecular weight excluding hydrogens is 350 g/mol. The van der Waals surface area contributed by atoms with E-state index in [1.165, 1.54) is 37.9 Å². The maximum atomic E-state index is 5.28. The predicted molar refractivity (Wildman–Crippen MR) is 118 cm³/mol. The standard InChI is InChI=1S/C22H39N5O/c1-22(2,27-14-8-7-9-15-27)17-25-21(23-3)24-16-20(26(4)5)18-10-12-19(28-6)13-11-18/h10-13,20H,7-9,14-17H2,1-6H3,(H2,23,24,25). The molecule has 0 spiro atoms. The molecule has 0 amide bonds. The number of ether oxygens (including phenoxy) is 1. The molecular formula is C22H39N5O. The van der Waals surface area contributed by atoms with Crippen molar-refractivity contribution in [2.75, 3.05) is 54.4 Å². The Hall–Kier alpha value is -1.79. The molecule has 0 bridgehead atoms. The molecule has 1 aromatic rings. The van der Waals surface area contributed by atoms with Crippen molar-refractivity contribution in [1.29, 1.82) is 0 Å². The molecule has 0 aliphatic carbocycles. The molecule has 1 aliphatic rings. The molecule has 1 atom stereocenters. The second-order valence-corrected chi connectivity index (χ2v) is 8.42. The van der Waals surface area contributed by atoms with Crippen LogP contribution in [-0.4, -0.2) is 75.7 Å². The highest BCUT2D eigenvalue weighted by Gasteiger charge is 2.28. The number of piperidine rings is 1. The maximum Gasteiger partial charge on any atom is 0.191 e. The van der Waals surface area contributed by atoms with E-state index in [0.29, 0.717) is 0 Å². The van der Waals surface area contributed by atoms with Gasteiger partial charge in [0.2, 0.25) is 0 Å². The van der Waals surface area contributed by atoms with E-state index >= 15 is 0 Å². The SMILES string of the molecule is CN=C(NCC(c1ccc(OC)cc1)N(C)C)NCC(C)(C)N1CCCCC1. The van der Waals surface area contributed by atoms with Crippen LogP contribution in [0.4, 0.5) is 0 Å². The van der Waals surface area contributed by atoms with Crippen molar-refractivity contribution in [1.82, 2.24) is 20.4 Å². The summed E-state index contributed by atoms with van der Waals surface area (Å²) in [6.07, 6.45) is 3.98. The van der Waals surface area contributed by atoms with E-state index in [1.54, 1.807) is 7.11 Å². The van der Waals surface area contributed by atoms with Crippen LogP contribution >= 0.6 is 0 Å². The molecule has 1 aliphatic heterocycles. The molecule has 1 fully saturated rings. The molecule has 1 aromatic carbocycles. The summed E-state index contributed by atoms with van der Waals surface area (Å²) in [5.74, 6) is 1.73. The van der Waals surface area contributed by atoms with E-state index in [9.17, 15) is 0 Å². The summed E-state index contributed by atoms with van der Waals surface area (Å²) < 4.78 is 5.28. The second kappa shape index (κ2) is 10.7. The molecule has 6 heteroatoms. The van der Waals surface area contributed by atoms with Gasteiger partial charge in [-0.1, -0.05) is 18.6 Å². The average Bonchev–Trinajstić information content (AvgIpc) is 2.71. The van der Waals surface area contributed by atoms with Crippen LogP contribution in [0.15, 0.2) is 29.3 Å². The number of aliphatic imine (C=N–C) groups is 1. The summed E-state index contributed by atoms with van der Waals surface area (Å²) in [6, 6.07) is 8.53. The summed E-state index contributed by atoms with van der Waals surface area (Å²) in [4.78, 5) is 9.24. The first-order valence-electron chi connectivity index (χ1n) is 10.4. The van der Waals surface area contributed by atoms with Crippen molar-refractivity contribution in [3.8, 4) is 5.75 Å². The number of methoxy groups -OCH3 is 1. The van der Waals surface area contributed by atoms with Crippen LogP contribution in [0, 0.1) is 0 Å². The largest absolute Gasteiger partial charge is 0.497 e. The first kappa shape index (κ1) is 22.5. The van der Waals surface area contributed by atoms with Crippen molar-refractivity contribution in [3.63, 3.8) is 0 Å². The number of hydrogen-bond acceptors (Lipinski definition) is 4. The Balaban J connectivity index is 1.91. The highest BCUT2D eigenvalue weighted by molar-refractivity contribution is 5.79. The monoisotopic (exact) mass is 389 g/mol. The van der Waals surface area contributed by atoms with Gasteiger partial charge in [0.25, 0.3) is 0 Å². The van der Waals surface area contributed by atoms with Crippen molar-refractivity contribution < 1.29 is 4.74 Å². The van der Waals surface area contributed by atoms with Crippen LogP contribution in [0.25, 0.3) is 0 Å². The summed E-state index contributed by atoms with van der Waals surface area (Å²) in [7, 11) is 7.74. The van der Waals surface area contributed by atoms with Crippen LogP contribution < -0.4 is 15.4 Å². The quantitative estimate of drug-likeness (QED) is 0.529. The van der Waals surface area contributed by atoms with Gasteiger partial charge in [0.05, 0.1) is 13.2 Å². The van der Waals surface area contributed by atoms with Gasteiger partial charge < -0.3 is 20.3 Å². The highest BCUT2D eigenvalue weighted by Crippen LogP contribution is 2.21. The van der Waals surface area contributed by atoms with E-state index in [0.717, 1.165) is 24.8 Å². The Morgan fingerprint density at radius 1 is 1.14 bits per heavy atom. The maximum absolute atomic E-state index is 5.28. The van der Waals surface area contributed by atoms with E-state index in [4.69, 9.17) is 4.74 Å². The van der Waals surface area contributed by atoms with Crippen LogP contribution in [-0.2, 0) is 0 Å². The molecule has 0 radical (unpaired) electrons. The first-order valence-corrected chi connectivity index (χ1v) is 10.4. The van der Waals surface area contributed by atoms with E-state index < -0.39 is 0 Å². The topological polar surface area (TPSA) is 52.1 Å². The lowest BCUT2D eigenvalue weighted by Gasteiger charge is -2.41. The Kier molecular flexibility index (Phi) is 8.58. The molecule has 0 saturated carbocycles. The van der Waals surface area contributed by atoms with Crippen molar-refractivity contribution >= 4 is 5.96 Å². The predicted octanol–water partition coefficient (Wildman–Crippen LogP) is 2.73. The van der Waals surface area contributed by atoms with E-state index in [1.807, 2.05) is 19.2 Å². The Bertz CT molecular complexity index is 606. The Morgan fingerprint density at radius 3 is 2.32 bits per heavy atom. The number of hydrogen-bond donors (Lipinski definition) is 2. The van der Waals surface area contributed by atoms with Gasteiger partial charge in [-0.3, -0.25) is 9.89 Å². The molecule has 1 unspecified atom stereocenters. The van der Waals surface area contributed by atoms with Gasteiger partial charge in [-0.2, -0.15) is 0 Å². The highest BCUT2D eigenvalue weighted by atomic mass is 16.5. The van der Waals surface area contributed by atoms with Gasteiger partial charge in [-0.05, 0) is 71.6 Å². The lowest BCUT2D eigenvalue weighted by molar-refractivity contribution is 0.0982. The van der Waals surface area contributed by atoms with Crippen LogP contribution in [0.5, 0.6) is 5.75 Å². The lowest BCUT2D eigenvalue weighted by Crippen LogP contribution is -2.55. The number of rotatable bonds is 8. The summed E-state index contributed by atoms with van der Waals surface area (Å²) in [5, 5.41) is 7.03. The zero-order chi connectivity index (χ0) is 20.6. The number of likely N-dealkylation sites (N-methyl/N-ethyl adjacent to an activating group) is 1. The van der Waals surface area contributed by atoms with E-state index in [-0.39, 0.29) is 11.6 Å². The molecule has 0 aromatic heterocycles. The molecule has 1 saturated heterocycles. The van der Waals surface area contributed by atoms with Gasteiger partial charge in [0, 0.05) is 25.7 Å². The first-order chi connectivity index (χ1) is 13.4. The molecule has 2 rings (SSSR count). The molecule has 2 N–H and O–H groups in total. The molecule has 6 nitrogen and oxygen atoms in total. The molecule has 28 heavy (non-hydrogen) atoms. The Labute approximate surface area is 171 Å². The van der Waals surface area contributed by atoms with Crippen LogP contribution in [0.3, 0.4) is 0 Å². The number of guanidine groups is 1. The van der Waals surface area contributed by atoms with E-state index in [2.05, 4.69) is 65.5 Å². The summed E-state index contributed by atoms with van der Waals surface area (Å²) in [6.45, 7) is 8.68. The normalized spacial score (nSPS) is 17.5. The van der Waals surface area contributed by atoms with Crippen molar-refractivity contribution in [3.05, 3.63) is 29.8 Å². The lowest BCUT2D eigenvalue weighted by atomic mass is 9.98. The fourth-order valence-electron chi connectivity index (χ4n) is 3.75. The molecule has 158 valence electrons. The zero-order valence-electron chi connectivity index (χ0n) is 18.6. The smallest absolute Gasteiger partial charge is 0.191 e. The van der Waals surface area contributed by atoms with Gasteiger partial charge in [0.15, 0.2) is 5.96 Å². The fourth-order valence-corrected chi connectivity index (χ4v) is 3.75. The average molecular weight is 390 g/mol. The number of nitrogens with zero attached hydrogens (tertiary/aromatic N) is 3. The third-order valence-electron chi connectivity index (χ3n) is 5.71. The minimum atomic E-state index is 0.120. The number of nitrogens with one attached hydrogen (secondary N) is 2. The summed E-state index contributed by atoms with van der Waals surface area (Å²) in [5.41, 5.74) is 1.37. The van der Waals surface area contributed by atoms with Crippen molar-refractivity contribution in [2.45, 2.75) is 44.7 Å². The third-order valence-corrected chi connectivity index (χ3v) is 5.71. The van der Waals surface area contributed by atoms with Gasteiger partial charge >= 0.3 is 0 Å². The fraction of sp³-hybridized carbons (Fsp3) is 0.682. The third kappa shape index (κ3) is 6.38. The number of likely N-dealkylation sites (tertiary alicyclic amines) is 1. The van der Waals surface area contributed by atoms with Crippen LogP contribution in [0.1, 0.15) is 44.7 Å². The zero-order valence-corrected chi connectivity index (χ0v) is 18.6. The molecule has 1 heterocycles. The van der Waals surface area contributed by atoms with Crippen LogP contribution in [0.2, 0.25) is 0 Å². The van der Waals surface area contributed by atoms with Gasteiger partial charge in [-0.25, -0.2) is 0 Å². The minimum Gasteiger partial charge on any atom is -0.497 e. The minimum absolute atomic E-state index is 0.120. The van der Waals surface area contributed by atoms with Gasteiger partial charge in [-0.15, -0.1) is 0 Å². The van der Waals surface area contributed by atoms with Gasteiger partial charge in [0.1, 0.15) is 5.75 Å². The Morgan fingerprint density at radius 2 is 1.79 bits per heavy atom. The second-order valence-electron chi connectivity index (χ2n) is 8.42.